The van der Waals surface area contributed by atoms with E-state index in [1.165, 1.54) is 12.2 Å². The Morgan fingerprint density at radius 3 is 3.05 bits per heavy atom. The zero-order valence-corrected chi connectivity index (χ0v) is 10.9. The Morgan fingerprint density at radius 1 is 1.40 bits per heavy atom. The SMILES string of the molecule is O=C(C=Cc1nc2ccccc2o1)NCCOCCO. The van der Waals surface area contributed by atoms with Crippen LogP contribution in [0.1, 0.15) is 5.89 Å². The number of ether oxygens (including phenoxy) is 1. The standard InChI is InChI=1S/C14H16N2O4/c17-8-10-19-9-7-15-13(18)5-6-14-16-11-3-1-2-4-12(11)20-14/h1-6,17H,7-10H2,(H,15,18). The van der Waals surface area contributed by atoms with Crippen LogP contribution in [0.4, 0.5) is 0 Å². The van der Waals surface area contributed by atoms with E-state index < -0.39 is 0 Å². The first-order chi connectivity index (χ1) is 9.79. The van der Waals surface area contributed by atoms with Crippen LogP contribution in [0.2, 0.25) is 0 Å². The molecular formula is C14H16N2O4. The molecule has 0 bridgehead atoms. The molecule has 2 rings (SSSR count). The number of carbonyl (C=O) groups is 1. The molecule has 0 atom stereocenters. The second kappa shape index (κ2) is 7.42. The smallest absolute Gasteiger partial charge is 0.244 e. The van der Waals surface area contributed by atoms with Crippen LogP contribution in [-0.2, 0) is 9.53 Å². The number of rotatable bonds is 7. The molecule has 2 N–H and O–H groups in total. The van der Waals surface area contributed by atoms with Crippen molar-refractivity contribution in [3.63, 3.8) is 0 Å². The van der Waals surface area contributed by atoms with Crippen LogP contribution in [-0.4, -0.2) is 42.4 Å². The van der Waals surface area contributed by atoms with Crippen molar-refractivity contribution in [1.29, 1.82) is 0 Å². The van der Waals surface area contributed by atoms with Gasteiger partial charge in [-0.2, -0.15) is 0 Å². The number of amides is 1. The number of hydrogen-bond donors (Lipinski definition) is 2. The van der Waals surface area contributed by atoms with Gasteiger partial charge in [0.05, 0.1) is 19.8 Å². The zero-order chi connectivity index (χ0) is 14.2. The first kappa shape index (κ1) is 14.2. The second-order valence-electron chi connectivity index (χ2n) is 3.98. The van der Waals surface area contributed by atoms with Crippen LogP contribution in [0.3, 0.4) is 0 Å². The van der Waals surface area contributed by atoms with Crippen LogP contribution < -0.4 is 5.32 Å². The summed E-state index contributed by atoms with van der Waals surface area (Å²) in [7, 11) is 0. The summed E-state index contributed by atoms with van der Waals surface area (Å²) >= 11 is 0. The van der Waals surface area contributed by atoms with Crippen molar-refractivity contribution in [2.45, 2.75) is 0 Å². The number of aromatic nitrogens is 1. The molecule has 0 spiro atoms. The van der Waals surface area contributed by atoms with Crippen molar-refractivity contribution in [3.8, 4) is 0 Å². The van der Waals surface area contributed by atoms with E-state index in [1.807, 2.05) is 24.3 Å². The molecule has 6 nitrogen and oxygen atoms in total. The number of aliphatic hydroxyl groups excluding tert-OH is 1. The average molecular weight is 276 g/mol. The van der Waals surface area contributed by atoms with Crippen molar-refractivity contribution < 1.29 is 19.1 Å². The molecule has 0 aliphatic rings. The molecule has 1 aromatic heterocycles. The lowest BCUT2D eigenvalue weighted by Gasteiger charge is -2.02. The number of aliphatic hydroxyl groups is 1. The lowest BCUT2D eigenvalue weighted by Crippen LogP contribution is -2.25. The molecule has 0 radical (unpaired) electrons. The molecule has 20 heavy (non-hydrogen) atoms. The average Bonchev–Trinajstić information content (AvgIpc) is 2.88. The molecule has 0 aliphatic carbocycles. The van der Waals surface area contributed by atoms with Crippen LogP contribution in [0, 0.1) is 0 Å². The van der Waals surface area contributed by atoms with Gasteiger partial charge in [-0.05, 0) is 12.1 Å². The molecule has 0 unspecified atom stereocenters. The maximum Gasteiger partial charge on any atom is 0.244 e. The van der Waals surface area contributed by atoms with E-state index in [0.717, 1.165) is 5.52 Å². The normalized spacial score (nSPS) is 11.2. The van der Waals surface area contributed by atoms with E-state index in [1.54, 1.807) is 0 Å². The fraction of sp³-hybridized carbons (Fsp3) is 0.286. The largest absolute Gasteiger partial charge is 0.437 e. The van der Waals surface area contributed by atoms with E-state index in [0.29, 0.717) is 24.6 Å². The summed E-state index contributed by atoms with van der Waals surface area (Å²) < 4.78 is 10.5. The van der Waals surface area contributed by atoms with Gasteiger partial charge in [-0.3, -0.25) is 4.79 Å². The van der Waals surface area contributed by atoms with E-state index in [-0.39, 0.29) is 19.1 Å². The minimum atomic E-state index is -0.250. The molecule has 2 aromatic rings. The summed E-state index contributed by atoms with van der Waals surface area (Å²) in [4.78, 5) is 15.7. The highest BCUT2D eigenvalue weighted by molar-refractivity contribution is 5.91. The molecule has 1 aromatic carbocycles. The topological polar surface area (TPSA) is 84.6 Å². The Hall–Kier alpha value is -2.18. The first-order valence-electron chi connectivity index (χ1n) is 6.29. The van der Waals surface area contributed by atoms with Gasteiger partial charge in [0.2, 0.25) is 11.8 Å². The lowest BCUT2D eigenvalue weighted by molar-refractivity contribution is -0.116. The maximum atomic E-state index is 11.5. The predicted octanol–water partition coefficient (Wildman–Crippen LogP) is 0.966. The van der Waals surface area contributed by atoms with Crippen molar-refractivity contribution in [3.05, 3.63) is 36.2 Å². The van der Waals surface area contributed by atoms with Gasteiger partial charge in [0.25, 0.3) is 0 Å². The molecule has 0 saturated heterocycles. The number of para-hydroxylation sites is 2. The van der Waals surface area contributed by atoms with E-state index >= 15 is 0 Å². The van der Waals surface area contributed by atoms with E-state index in [9.17, 15) is 4.79 Å². The Kier molecular flexibility index (Phi) is 5.28. The Bertz CT molecular complexity index is 559. The summed E-state index contributed by atoms with van der Waals surface area (Å²) in [5, 5.41) is 11.1. The van der Waals surface area contributed by atoms with Crippen molar-refractivity contribution >= 4 is 23.1 Å². The van der Waals surface area contributed by atoms with Crippen molar-refractivity contribution in [2.75, 3.05) is 26.4 Å². The third kappa shape index (κ3) is 4.18. The van der Waals surface area contributed by atoms with Gasteiger partial charge >= 0.3 is 0 Å². The number of benzene rings is 1. The molecule has 0 fully saturated rings. The van der Waals surface area contributed by atoms with Gasteiger partial charge in [-0.15, -0.1) is 0 Å². The van der Waals surface area contributed by atoms with Crippen LogP contribution in [0.25, 0.3) is 17.2 Å². The molecule has 0 aliphatic heterocycles. The van der Waals surface area contributed by atoms with Crippen molar-refractivity contribution in [1.82, 2.24) is 10.3 Å². The zero-order valence-electron chi connectivity index (χ0n) is 10.9. The van der Waals surface area contributed by atoms with Gasteiger partial charge in [0.1, 0.15) is 5.52 Å². The van der Waals surface area contributed by atoms with Gasteiger partial charge in [0, 0.05) is 18.7 Å². The number of fused-ring (bicyclic) bond motifs is 1. The number of oxazole rings is 1. The van der Waals surface area contributed by atoms with Gasteiger partial charge in [0.15, 0.2) is 5.58 Å². The monoisotopic (exact) mass is 276 g/mol. The summed E-state index contributed by atoms with van der Waals surface area (Å²) in [6, 6.07) is 7.39. The highest BCUT2D eigenvalue weighted by Gasteiger charge is 2.02. The number of nitrogens with one attached hydrogen (secondary N) is 1. The van der Waals surface area contributed by atoms with Gasteiger partial charge < -0.3 is 19.6 Å². The molecule has 6 heteroatoms. The Morgan fingerprint density at radius 2 is 2.25 bits per heavy atom. The summed E-state index contributed by atoms with van der Waals surface area (Å²) in [6.45, 7) is 1.000. The highest BCUT2D eigenvalue weighted by Crippen LogP contribution is 2.15. The maximum absolute atomic E-state index is 11.5. The highest BCUT2D eigenvalue weighted by atomic mass is 16.5. The third-order valence-corrected chi connectivity index (χ3v) is 2.47. The minimum absolute atomic E-state index is 0.0223. The summed E-state index contributed by atoms with van der Waals surface area (Å²) in [6.07, 6.45) is 2.88. The molecular weight excluding hydrogens is 260 g/mol. The Balaban J connectivity index is 1.81. The predicted molar refractivity (Wildman–Crippen MR) is 74.0 cm³/mol. The molecule has 1 amide bonds. The van der Waals surface area contributed by atoms with Gasteiger partial charge in [-0.25, -0.2) is 4.98 Å². The van der Waals surface area contributed by atoms with E-state index in [2.05, 4.69) is 10.3 Å². The Labute approximate surface area is 116 Å². The number of carbonyl (C=O) groups excluding carboxylic acids is 1. The minimum Gasteiger partial charge on any atom is -0.437 e. The van der Waals surface area contributed by atoms with Crippen molar-refractivity contribution in [2.24, 2.45) is 0 Å². The fourth-order valence-electron chi connectivity index (χ4n) is 1.58. The van der Waals surface area contributed by atoms with Gasteiger partial charge in [-0.1, -0.05) is 12.1 Å². The first-order valence-corrected chi connectivity index (χ1v) is 6.29. The number of hydrogen-bond acceptors (Lipinski definition) is 5. The van der Waals surface area contributed by atoms with Crippen LogP contribution in [0.15, 0.2) is 34.8 Å². The lowest BCUT2D eigenvalue weighted by atomic mass is 10.3. The van der Waals surface area contributed by atoms with E-state index in [4.69, 9.17) is 14.3 Å². The van der Waals surface area contributed by atoms with Crippen LogP contribution >= 0.6 is 0 Å². The molecule has 106 valence electrons. The fourth-order valence-corrected chi connectivity index (χ4v) is 1.58. The summed E-state index contributed by atoms with van der Waals surface area (Å²) in [5.74, 6) is 0.137. The molecule has 0 saturated carbocycles. The van der Waals surface area contributed by atoms with Crippen LogP contribution in [0.5, 0.6) is 0 Å². The summed E-state index contributed by atoms with van der Waals surface area (Å²) in [5.41, 5.74) is 1.44. The molecule has 1 heterocycles. The second-order valence-corrected chi connectivity index (χ2v) is 3.98. The number of nitrogens with zero attached hydrogens (tertiary/aromatic N) is 1. The third-order valence-electron chi connectivity index (χ3n) is 2.47. The quantitative estimate of drug-likeness (QED) is 0.581.